The Morgan fingerprint density at radius 1 is 1.21 bits per heavy atom. The van der Waals surface area contributed by atoms with Gasteiger partial charge in [-0.25, -0.2) is 0 Å². The number of nitrogens with one attached hydrogen (secondary N) is 1. The largest absolute Gasteiger partial charge is 0.418 e. The van der Waals surface area contributed by atoms with Gasteiger partial charge < -0.3 is 15.2 Å². The van der Waals surface area contributed by atoms with E-state index in [4.69, 9.17) is 4.74 Å². The van der Waals surface area contributed by atoms with Gasteiger partial charge in [0.05, 0.1) is 13.2 Å². The van der Waals surface area contributed by atoms with Crippen LogP contribution in [0.4, 0.5) is 13.2 Å². The minimum absolute atomic E-state index is 0.0283. The molecule has 0 aromatic rings. The first-order chi connectivity index (χ1) is 6.46. The third-order valence-electron chi connectivity index (χ3n) is 3.12. The maximum atomic E-state index is 12.7. The molecule has 6 heteroatoms. The molecule has 1 unspecified atom stereocenters. The molecule has 0 saturated carbocycles. The molecule has 2 aliphatic rings. The number of halogens is 3. The summed E-state index contributed by atoms with van der Waals surface area (Å²) in [5.74, 6) is -1.76. The van der Waals surface area contributed by atoms with Crippen LogP contribution in [-0.2, 0) is 4.74 Å². The Morgan fingerprint density at radius 3 is 2.07 bits per heavy atom. The van der Waals surface area contributed by atoms with Gasteiger partial charge in [-0.05, 0) is 0 Å². The van der Waals surface area contributed by atoms with Crippen LogP contribution in [0.15, 0.2) is 0 Å². The molecule has 0 aliphatic carbocycles. The molecule has 0 radical (unpaired) electrons. The fourth-order valence-corrected chi connectivity index (χ4v) is 2.26. The van der Waals surface area contributed by atoms with Crippen LogP contribution in [0.5, 0.6) is 0 Å². The van der Waals surface area contributed by atoms with Gasteiger partial charge >= 0.3 is 6.18 Å². The molecule has 0 aromatic carbocycles. The first-order valence-corrected chi connectivity index (χ1v) is 4.54. The van der Waals surface area contributed by atoms with Crippen molar-refractivity contribution >= 4 is 0 Å². The van der Waals surface area contributed by atoms with Crippen LogP contribution in [0.2, 0.25) is 0 Å². The van der Waals surface area contributed by atoms with Crippen molar-refractivity contribution in [2.75, 3.05) is 26.3 Å². The molecule has 0 aromatic heterocycles. The van der Waals surface area contributed by atoms with Crippen LogP contribution in [0, 0.1) is 11.8 Å². The molecule has 14 heavy (non-hydrogen) atoms. The zero-order valence-electron chi connectivity index (χ0n) is 7.47. The molecular formula is C8H12F3NO2. The quantitative estimate of drug-likeness (QED) is 0.599. The van der Waals surface area contributed by atoms with Crippen molar-refractivity contribution < 1.29 is 23.0 Å². The Hall–Kier alpha value is -0.330. The summed E-state index contributed by atoms with van der Waals surface area (Å²) in [7, 11) is 0. The number of hydrogen-bond donors (Lipinski definition) is 2. The second-order valence-electron chi connectivity index (χ2n) is 3.91. The number of piperidine rings is 1. The predicted octanol–water partition coefficient (Wildman–Crippen LogP) is 0.146. The summed E-state index contributed by atoms with van der Waals surface area (Å²) in [6.07, 6.45) is -4.56. The summed E-state index contributed by atoms with van der Waals surface area (Å²) < 4.78 is 43.2. The van der Waals surface area contributed by atoms with Gasteiger partial charge in [-0.15, -0.1) is 0 Å². The van der Waals surface area contributed by atoms with Crippen molar-refractivity contribution in [2.24, 2.45) is 11.8 Å². The maximum Gasteiger partial charge on any atom is 0.418 e. The van der Waals surface area contributed by atoms with Gasteiger partial charge in [-0.1, -0.05) is 0 Å². The summed E-state index contributed by atoms with van der Waals surface area (Å²) in [5, 5.41) is 12.6. The van der Waals surface area contributed by atoms with E-state index >= 15 is 0 Å². The molecule has 3 nitrogen and oxygen atoms in total. The van der Waals surface area contributed by atoms with Crippen molar-refractivity contribution in [1.29, 1.82) is 0 Å². The molecule has 3 atom stereocenters. The zero-order chi connectivity index (χ0) is 10.4. The van der Waals surface area contributed by atoms with Gasteiger partial charge in [-0.2, -0.15) is 13.2 Å². The fourth-order valence-electron chi connectivity index (χ4n) is 2.26. The highest BCUT2D eigenvalue weighted by atomic mass is 19.4. The van der Waals surface area contributed by atoms with Crippen molar-refractivity contribution in [3.8, 4) is 0 Å². The summed E-state index contributed by atoms with van der Waals surface area (Å²) >= 11 is 0. The van der Waals surface area contributed by atoms with E-state index in [9.17, 15) is 18.3 Å². The Morgan fingerprint density at radius 2 is 1.71 bits per heavy atom. The molecule has 2 saturated heterocycles. The van der Waals surface area contributed by atoms with Crippen molar-refractivity contribution in [3.05, 3.63) is 0 Å². The molecule has 0 spiro atoms. The van der Waals surface area contributed by atoms with Crippen LogP contribution in [-0.4, -0.2) is 43.2 Å². The molecule has 0 amide bonds. The predicted molar refractivity (Wildman–Crippen MR) is 41.7 cm³/mol. The fraction of sp³-hybridized carbons (Fsp3) is 1.00. The van der Waals surface area contributed by atoms with Crippen LogP contribution in [0.1, 0.15) is 0 Å². The highest BCUT2D eigenvalue weighted by Crippen LogP contribution is 2.45. The van der Waals surface area contributed by atoms with Gasteiger partial charge in [0.25, 0.3) is 0 Å². The van der Waals surface area contributed by atoms with Crippen molar-refractivity contribution in [2.45, 2.75) is 11.8 Å². The lowest BCUT2D eigenvalue weighted by atomic mass is 9.72. The minimum Gasteiger partial charge on any atom is -0.381 e. The molecular weight excluding hydrogens is 199 g/mol. The van der Waals surface area contributed by atoms with Gasteiger partial charge in [0.15, 0.2) is 5.60 Å². The lowest BCUT2D eigenvalue weighted by molar-refractivity contribution is -0.327. The van der Waals surface area contributed by atoms with E-state index < -0.39 is 23.6 Å². The minimum atomic E-state index is -4.56. The SMILES string of the molecule is OC1(C(F)(F)F)[C@@H]2CNC[C@H]1COC2. The molecule has 2 aliphatic heterocycles. The van der Waals surface area contributed by atoms with Gasteiger partial charge in [0, 0.05) is 24.9 Å². The van der Waals surface area contributed by atoms with E-state index in [-0.39, 0.29) is 26.3 Å². The molecule has 2 bridgehead atoms. The van der Waals surface area contributed by atoms with Crippen LogP contribution >= 0.6 is 0 Å². The summed E-state index contributed by atoms with van der Waals surface area (Å²) in [6, 6.07) is 0. The number of rotatable bonds is 0. The van der Waals surface area contributed by atoms with Crippen LogP contribution in [0.3, 0.4) is 0 Å². The highest BCUT2D eigenvalue weighted by Gasteiger charge is 2.65. The Balaban J connectivity index is 2.31. The maximum absolute atomic E-state index is 12.7. The number of ether oxygens (including phenoxy) is 1. The lowest BCUT2D eigenvalue weighted by Gasteiger charge is -2.49. The number of alkyl halides is 3. The lowest BCUT2D eigenvalue weighted by Crippen LogP contribution is -2.68. The van der Waals surface area contributed by atoms with Gasteiger partial charge in [0.1, 0.15) is 0 Å². The van der Waals surface area contributed by atoms with Gasteiger partial charge in [-0.3, -0.25) is 0 Å². The van der Waals surface area contributed by atoms with Crippen LogP contribution in [0.25, 0.3) is 0 Å². The molecule has 2 heterocycles. The van der Waals surface area contributed by atoms with Gasteiger partial charge in [0.2, 0.25) is 0 Å². The van der Waals surface area contributed by atoms with Crippen molar-refractivity contribution in [1.82, 2.24) is 5.32 Å². The summed E-state index contributed by atoms with van der Waals surface area (Å²) in [4.78, 5) is 0. The standard InChI is InChI=1S/C8H12F3NO2/c9-8(10,11)7(13)5-1-12-2-6(7)4-14-3-5/h5-6,12-13H,1-4H2/t5-,6+,7?. The van der Waals surface area contributed by atoms with Crippen LogP contribution < -0.4 is 5.32 Å². The summed E-state index contributed by atoms with van der Waals surface area (Å²) in [6.45, 7) is 0.262. The topological polar surface area (TPSA) is 41.5 Å². The first-order valence-electron chi connectivity index (χ1n) is 4.54. The second-order valence-corrected chi connectivity index (χ2v) is 3.91. The van der Waals surface area contributed by atoms with E-state index in [0.717, 1.165) is 0 Å². The third-order valence-corrected chi connectivity index (χ3v) is 3.12. The third kappa shape index (κ3) is 1.24. The monoisotopic (exact) mass is 211 g/mol. The zero-order valence-corrected chi connectivity index (χ0v) is 7.47. The average Bonchev–Trinajstić information content (AvgIpc) is 2.00. The Kier molecular flexibility index (Phi) is 2.24. The van der Waals surface area contributed by atoms with E-state index in [1.807, 2.05) is 0 Å². The highest BCUT2D eigenvalue weighted by molar-refractivity contribution is 5.04. The molecule has 2 rings (SSSR count). The average molecular weight is 211 g/mol. The van der Waals surface area contributed by atoms with E-state index in [1.165, 1.54) is 0 Å². The van der Waals surface area contributed by atoms with Crippen molar-refractivity contribution in [3.63, 3.8) is 0 Å². The number of aliphatic hydroxyl groups is 1. The van der Waals surface area contributed by atoms with E-state index in [2.05, 4.69) is 5.32 Å². The Bertz CT molecular complexity index is 209. The molecule has 82 valence electrons. The van der Waals surface area contributed by atoms with E-state index in [0.29, 0.717) is 0 Å². The first kappa shape index (κ1) is 10.2. The Labute approximate surface area is 79.2 Å². The molecule has 2 N–H and O–H groups in total. The van der Waals surface area contributed by atoms with E-state index in [1.54, 1.807) is 0 Å². The summed E-state index contributed by atoms with van der Waals surface area (Å²) in [5.41, 5.74) is -2.56. The smallest absolute Gasteiger partial charge is 0.381 e. The second kappa shape index (κ2) is 3.08. The number of hydrogen-bond acceptors (Lipinski definition) is 3. The normalized spacial score (nSPS) is 43.7. The number of fused-ring (bicyclic) bond motifs is 2. The molecule has 2 fully saturated rings.